The van der Waals surface area contributed by atoms with Crippen molar-refractivity contribution in [2.75, 3.05) is 6.61 Å². The molecule has 0 bridgehead atoms. The van der Waals surface area contributed by atoms with Crippen LogP contribution in [0.15, 0.2) is 5.38 Å². The Hall–Kier alpha value is -1.15. The summed E-state index contributed by atoms with van der Waals surface area (Å²) in [6, 6.07) is -0.536. The molecule has 0 saturated carbocycles. The van der Waals surface area contributed by atoms with Gasteiger partial charge in [0.05, 0.1) is 6.04 Å². The Labute approximate surface area is 119 Å². The summed E-state index contributed by atoms with van der Waals surface area (Å²) in [5.74, 6) is -0.359. The molecule has 1 aromatic rings. The molecule has 0 spiro atoms. The van der Waals surface area contributed by atoms with Gasteiger partial charge in [-0.15, -0.1) is 11.3 Å². The van der Waals surface area contributed by atoms with E-state index in [1.807, 2.05) is 0 Å². The molecule has 1 N–H and O–H groups in total. The predicted octanol–water partition coefficient (Wildman–Crippen LogP) is 3.15. The number of alkyl halides is 3. The number of thiazole rings is 1. The Morgan fingerprint density at radius 1 is 1.50 bits per heavy atom. The number of halogens is 3. The standard InChI is InChI=1S/C12H17F3N2O2S/c1-4-8(16-10(18)7(3)19-5-2)11-17-9(6-20-11)12(13,14)15/h6-8H,4-5H2,1-3H3,(H,16,18)/t7-,8-/m0/s1. The van der Waals surface area contributed by atoms with E-state index in [2.05, 4.69) is 10.3 Å². The van der Waals surface area contributed by atoms with Crippen LogP contribution in [0.4, 0.5) is 13.2 Å². The zero-order valence-corrected chi connectivity index (χ0v) is 12.3. The monoisotopic (exact) mass is 310 g/mol. The summed E-state index contributed by atoms with van der Waals surface area (Å²) in [7, 11) is 0. The first kappa shape index (κ1) is 16.9. The highest BCUT2D eigenvalue weighted by Crippen LogP contribution is 2.32. The maximum atomic E-state index is 12.5. The van der Waals surface area contributed by atoms with Gasteiger partial charge < -0.3 is 10.1 Å². The molecule has 1 rings (SSSR count). The number of carbonyl (C=O) groups excluding carboxylic acids is 1. The lowest BCUT2D eigenvalue weighted by atomic mass is 10.2. The van der Waals surface area contributed by atoms with E-state index < -0.39 is 24.0 Å². The molecule has 1 aromatic heterocycles. The lowest BCUT2D eigenvalue weighted by molar-refractivity contribution is -0.140. The molecule has 0 aliphatic rings. The minimum absolute atomic E-state index is 0.247. The van der Waals surface area contributed by atoms with E-state index in [0.29, 0.717) is 13.0 Å². The fraction of sp³-hybridized carbons (Fsp3) is 0.667. The number of hydrogen-bond acceptors (Lipinski definition) is 4. The summed E-state index contributed by atoms with van der Waals surface area (Å²) in [4.78, 5) is 15.3. The summed E-state index contributed by atoms with van der Waals surface area (Å²) < 4.78 is 42.6. The SMILES string of the molecule is CCO[C@@H](C)C(=O)N[C@@H](CC)c1nc(C(F)(F)F)cs1. The topological polar surface area (TPSA) is 51.2 Å². The first-order valence-electron chi connectivity index (χ1n) is 6.24. The van der Waals surface area contributed by atoms with Gasteiger partial charge in [0, 0.05) is 12.0 Å². The van der Waals surface area contributed by atoms with Crippen molar-refractivity contribution in [3.05, 3.63) is 16.1 Å². The van der Waals surface area contributed by atoms with Crippen LogP contribution in [0, 0.1) is 0 Å². The first-order chi connectivity index (χ1) is 9.29. The van der Waals surface area contributed by atoms with Gasteiger partial charge in [-0.05, 0) is 20.3 Å². The number of nitrogens with one attached hydrogen (secondary N) is 1. The van der Waals surface area contributed by atoms with Crippen molar-refractivity contribution in [1.29, 1.82) is 0 Å². The molecule has 0 fully saturated rings. The Bertz CT molecular complexity index is 448. The van der Waals surface area contributed by atoms with Crippen LogP contribution < -0.4 is 5.32 Å². The van der Waals surface area contributed by atoms with Crippen LogP contribution >= 0.6 is 11.3 Å². The van der Waals surface area contributed by atoms with Crippen LogP contribution in [0.2, 0.25) is 0 Å². The van der Waals surface area contributed by atoms with Gasteiger partial charge in [0.25, 0.3) is 0 Å². The average molecular weight is 310 g/mol. The molecule has 0 aliphatic heterocycles. The van der Waals surface area contributed by atoms with Gasteiger partial charge in [0.15, 0.2) is 5.69 Å². The number of amides is 1. The molecule has 20 heavy (non-hydrogen) atoms. The third-order valence-corrected chi connectivity index (χ3v) is 3.58. The molecule has 1 amide bonds. The zero-order chi connectivity index (χ0) is 15.3. The van der Waals surface area contributed by atoms with Crippen molar-refractivity contribution in [2.45, 2.75) is 45.5 Å². The number of ether oxygens (including phenoxy) is 1. The van der Waals surface area contributed by atoms with E-state index in [9.17, 15) is 18.0 Å². The van der Waals surface area contributed by atoms with E-state index in [4.69, 9.17) is 4.74 Å². The molecule has 1 heterocycles. The second-order valence-corrected chi connectivity index (χ2v) is 5.03. The summed E-state index contributed by atoms with van der Waals surface area (Å²) >= 11 is 0.890. The average Bonchev–Trinajstić information content (AvgIpc) is 2.85. The molecular formula is C12H17F3N2O2S. The molecule has 2 atom stereocenters. The Morgan fingerprint density at radius 3 is 2.60 bits per heavy atom. The predicted molar refractivity (Wildman–Crippen MR) is 69.4 cm³/mol. The van der Waals surface area contributed by atoms with Gasteiger partial charge >= 0.3 is 6.18 Å². The first-order valence-corrected chi connectivity index (χ1v) is 7.12. The smallest absolute Gasteiger partial charge is 0.369 e. The zero-order valence-electron chi connectivity index (χ0n) is 11.5. The second-order valence-electron chi connectivity index (χ2n) is 4.14. The van der Waals surface area contributed by atoms with Gasteiger partial charge in [-0.25, -0.2) is 4.98 Å². The molecule has 8 heteroatoms. The number of hydrogen-bond donors (Lipinski definition) is 1. The quantitative estimate of drug-likeness (QED) is 0.878. The molecular weight excluding hydrogens is 293 g/mol. The van der Waals surface area contributed by atoms with Crippen LogP contribution in [-0.2, 0) is 15.7 Å². The summed E-state index contributed by atoms with van der Waals surface area (Å²) in [6.45, 7) is 5.51. The minimum atomic E-state index is -4.46. The van der Waals surface area contributed by atoms with E-state index in [1.54, 1.807) is 20.8 Å². The molecule has 0 saturated heterocycles. The Morgan fingerprint density at radius 2 is 2.15 bits per heavy atom. The van der Waals surface area contributed by atoms with Crippen molar-refractivity contribution >= 4 is 17.2 Å². The summed E-state index contributed by atoms with van der Waals surface area (Å²) in [5, 5.41) is 3.85. The van der Waals surface area contributed by atoms with E-state index in [-0.39, 0.29) is 10.9 Å². The van der Waals surface area contributed by atoms with Gasteiger partial charge in [0.2, 0.25) is 5.91 Å². The minimum Gasteiger partial charge on any atom is -0.369 e. The molecule has 114 valence electrons. The van der Waals surface area contributed by atoms with Crippen molar-refractivity contribution in [3.8, 4) is 0 Å². The largest absolute Gasteiger partial charge is 0.434 e. The maximum Gasteiger partial charge on any atom is 0.434 e. The lowest BCUT2D eigenvalue weighted by Crippen LogP contribution is -2.37. The van der Waals surface area contributed by atoms with Crippen molar-refractivity contribution in [1.82, 2.24) is 10.3 Å². The third kappa shape index (κ3) is 4.45. The van der Waals surface area contributed by atoms with Gasteiger partial charge in [-0.1, -0.05) is 6.92 Å². The highest BCUT2D eigenvalue weighted by atomic mass is 32.1. The maximum absolute atomic E-state index is 12.5. The van der Waals surface area contributed by atoms with E-state index >= 15 is 0 Å². The van der Waals surface area contributed by atoms with E-state index in [1.165, 1.54) is 0 Å². The van der Waals surface area contributed by atoms with Gasteiger partial charge in [-0.2, -0.15) is 13.2 Å². The normalized spacial score (nSPS) is 14.9. The highest BCUT2D eigenvalue weighted by molar-refractivity contribution is 7.09. The fourth-order valence-corrected chi connectivity index (χ4v) is 2.49. The van der Waals surface area contributed by atoms with Crippen molar-refractivity contribution in [3.63, 3.8) is 0 Å². The van der Waals surface area contributed by atoms with Crippen LogP contribution in [0.25, 0.3) is 0 Å². The van der Waals surface area contributed by atoms with Crippen LogP contribution in [0.3, 0.4) is 0 Å². The van der Waals surface area contributed by atoms with E-state index in [0.717, 1.165) is 16.7 Å². The summed E-state index contributed by atoms with van der Waals surface area (Å²) in [5.41, 5.74) is -0.928. The number of rotatable bonds is 6. The molecule has 4 nitrogen and oxygen atoms in total. The highest BCUT2D eigenvalue weighted by Gasteiger charge is 2.34. The Kier molecular flexibility index (Phi) is 5.94. The molecule has 0 aliphatic carbocycles. The molecule has 0 radical (unpaired) electrons. The van der Waals surface area contributed by atoms with Crippen molar-refractivity contribution in [2.24, 2.45) is 0 Å². The second kappa shape index (κ2) is 7.03. The molecule has 0 aromatic carbocycles. The van der Waals surface area contributed by atoms with Crippen molar-refractivity contribution < 1.29 is 22.7 Å². The summed E-state index contributed by atoms with van der Waals surface area (Å²) in [6.07, 6.45) is -4.65. The van der Waals surface area contributed by atoms with Crippen LogP contribution in [-0.4, -0.2) is 23.6 Å². The number of nitrogens with zero attached hydrogens (tertiary/aromatic N) is 1. The third-order valence-electron chi connectivity index (χ3n) is 2.62. The number of aromatic nitrogens is 1. The van der Waals surface area contributed by atoms with Gasteiger partial charge in [-0.3, -0.25) is 4.79 Å². The van der Waals surface area contributed by atoms with Crippen LogP contribution in [0.1, 0.15) is 43.9 Å². The molecule has 0 unspecified atom stereocenters. The number of carbonyl (C=O) groups is 1. The van der Waals surface area contributed by atoms with Gasteiger partial charge in [0.1, 0.15) is 11.1 Å². The fourth-order valence-electron chi connectivity index (χ4n) is 1.53. The Balaban J connectivity index is 2.76. The lowest BCUT2D eigenvalue weighted by Gasteiger charge is -2.18. The van der Waals surface area contributed by atoms with Crippen LogP contribution in [0.5, 0.6) is 0 Å².